The molecule has 0 aliphatic carbocycles. The van der Waals surface area contributed by atoms with E-state index in [1.54, 1.807) is 0 Å². The summed E-state index contributed by atoms with van der Waals surface area (Å²) in [5, 5.41) is 13.6. The second kappa shape index (κ2) is 5.99. The highest BCUT2D eigenvalue weighted by atomic mass is 35.5. The number of rotatable bonds is 5. The Hall–Kier alpha value is -1.66. The number of hydrogen-bond acceptors (Lipinski definition) is 4. The van der Waals surface area contributed by atoms with Crippen LogP contribution in [0.4, 0.5) is 15.8 Å². The highest BCUT2D eigenvalue weighted by Crippen LogP contribution is 2.23. The van der Waals surface area contributed by atoms with E-state index >= 15 is 0 Å². The highest BCUT2D eigenvalue weighted by Gasteiger charge is 2.09. The number of nitrogens with zero attached hydrogens (tertiary/aromatic N) is 1. The smallest absolute Gasteiger partial charge is 0.274 e. The first-order valence-corrected chi connectivity index (χ1v) is 6.67. The molecule has 7 heteroatoms. The number of nitro groups is 1. The van der Waals surface area contributed by atoms with Gasteiger partial charge in [-0.25, -0.2) is 4.39 Å². The van der Waals surface area contributed by atoms with Crippen LogP contribution < -0.4 is 5.32 Å². The van der Waals surface area contributed by atoms with Gasteiger partial charge >= 0.3 is 0 Å². The van der Waals surface area contributed by atoms with E-state index in [1.165, 1.54) is 23.5 Å². The molecule has 0 bridgehead atoms. The summed E-state index contributed by atoms with van der Waals surface area (Å²) in [7, 11) is 0. The van der Waals surface area contributed by atoms with Crippen molar-refractivity contribution in [1.29, 1.82) is 0 Å². The Morgan fingerprint density at radius 2 is 2.16 bits per heavy atom. The van der Waals surface area contributed by atoms with Crippen molar-refractivity contribution in [3.8, 4) is 0 Å². The van der Waals surface area contributed by atoms with Crippen molar-refractivity contribution in [3.63, 3.8) is 0 Å². The predicted molar refractivity (Wildman–Crippen MR) is 74.6 cm³/mol. The largest absolute Gasteiger partial charge is 0.384 e. The van der Waals surface area contributed by atoms with E-state index in [0.29, 0.717) is 12.2 Å². The maximum absolute atomic E-state index is 13.2. The lowest BCUT2D eigenvalue weighted by molar-refractivity contribution is -0.385. The molecule has 100 valence electrons. The molecular formula is C12H10ClFN2O2S. The zero-order chi connectivity index (χ0) is 13.8. The van der Waals surface area contributed by atoms with Gasteiger partial charge in [-0.3, -0.25) is 10.1 Å². The van der Waals surface area contributed by atoms with Crippen LogP contribution in [0.25, 0.3) is 0 Å². The maximum atomic E-state index is 13.2. The second-order valence-electron chi connectivity index (χ2n) is 3.84. The van der Waals surface area contributed by atoms with E-state index < -0.39 is 10.7 Å². The Labute approximate surface area is 118 Å². The summed E-state index contributed by atoms with van der Waals surface area (Å²) in [6.45, 7) is 0.553. The average Bonchev–Trinajstić information content (AvgIpc) is 2.74. The molecule has 0 fully saturated rings. The molecule has 2 rings (SSSR count). The van der Waals surface area contributed by atoms with Crippen LogP contribution in [-0.4, -0.2) is 11.5 Å². The third-order valence-electron chi connectivity index (χ3n) is 2.42. The minimum absolute atomic E-state index is 0.262. The van der Waals surface area contributed by atoms with Gasteiger partial charge in [-0.15, -0.1) is 11.3 Å². The SMILES string of the molecule is O=[N+]([O-])c1cc(F)cc(NCCc2ccc(Cl)s2)c1. The lowest BCUT2D eigenvalue weighted by Crippen LogP contribution is -2.04. The molecule has 0 aliphatic rings. The number of nitrogens with one attached hydrogen (secondary N) is 1. The molecular weight excluding hydrogens is 291 g/mol. The van der Waals surface area contributed by atoms with E-state index in [-0.39, 0.29) is 5.69 Å². The number of thiophene rings is 1. The van der Waals surface area contributed by atoms with E-state index in [9.17, 15) is 14.5 Å². The van der Waals surface area contributed by atoms with Gasteiger partial charge in [0.15, 0.2) is 0 Å². The zero-order valence-electron chi connectivity index (χ0n) is 9.73. The lowest BCUT2D eigenvalue weighted by Gasteiger charge is -2.05. The number of halogens is 2. The minimum Gasteiger partial charge on any atom is -0.384 e. The fraction of sp³-hybridized carbons (Fsp3) is 0.167. The zero-order valence-corrected chi connectivity index (χ0v) is 11.3. The van der Waals surface area contributed by atoms with Gasteiger partial charge in [0.1, 0.15) is 5.82 Å². The Morgan fingerprint density at radius 3 is 2.79 bits per heavy atom. The quantitative estimate of drug-likeness (QED) is 0.668. The summed E-state index contributed by atoms with van der Waals surface area (Å²) >= 11 is 7.28. The average molecular weight is 301 g/mol. The highest BCUT2D eigenvalue weighted by molar-refractivity contribution is 7.16. The fourth-order valence-corrected chi connectivity index (χ4v) is 2.68. The molecule has 1 N–H and O–H groups in total. The summed E-state index contributed by atoms with van der Waals surface area (Å²) in [5.41, 5.74) is 0.135. The molecule has 4 nitrogen and oxygen atoms in total. The fourth-order valence-electron chi connectivity index (χ4n) is 1.60. The number of nitro benzene ring substituents is 1. The van der Waals surface area contributed by atoms with Gasteiger partial charge in [-0.2, -0.15) is 0 Å². The number of anilines is 1. The molecule has 2 aromatic rings. The first kappa shape index (κ1) is 13.8. The van der Waals surface area contributed by atoms with Crippen LogP contribution in [0.15, 0.2) is 30.3 Å². The van der Waals surface area contributed by atoms with Crippen molar-refractivity contribution < 1.29 is 9.31 Å². The van der Waals surface area contributed by atoms with E-state index in [2.05, 4.69) is 5.32 Å². The van der Waals surface area contributed by atoms with Gasteiger partial charge in [-0.1, -0.05) is 11.6 Å². The molecule has 1 aromatic heterocycles. The Morgan fingerprint density at radius 1 is 1.37 bits per heavy atom. The molecule has 0 amide bonds. The molecule has 19 heavy (non-hydrogen) atoms. The Bertz CT molecular complexity index is 603. The third-order valence-corrected chi connectivity index (χ3v) is 3.71. The van der Waals surface area contributed by atoms with E-state index in [0.717, 1.165) is 21.7 Å². The normalized spacial score (nSPS) is 10.4. The minimum atomic E-state index is -0.629. The van der Waals surface area contributed by atoms with E-state index in [4.69, 9.17) is 11.6 Å². The topological polar surface area (TPSA) is 55.2 Å². The van der Waals surface area contributed by atoms with Gasteiger partial charge in [0.25, 0.3) is 5.69 Å². The van der Waals surface area contributed by atoms with Crippen LogP contribution in [0.2, 0.25) is 4.34 Å². The number of hydrogen-bond donors (Lipinski definition) is 1. The van der Waals surface area contributed by atoms with Crippen molar-refractivity contribution >= 4 is 34.3 Å². The van der Waals surface area contributed by atoms with Crippen LogP contribution in [0, 0.1) is 15.9 Å². The van der Waals surface area contributed by atoms with Gasteiger partial charge in [-0.05, 0) is 24.6 Å². The van der Waals surface area contributed by atoms with Gasteiger partial charge in [0.05, 0.1) is 15.3 Å². The Balaban J connectivity index is 1.97. The number of non-ortho nitro benzene ring substituents is 1. The van der Waals surface area contributed by atoms with Crippen LogP contribution in [-0.2, 0) is 6.42 Å². The van der Waals surface area contributed by atoms with Crippen molar-refractivity contribution in [2.24, 2.45) is 0 Å². The Kier molecular flexibility index (Phi) is 4.34. The lowest BCUT2D eigenvalue weighted by atomic mass is 10.2. The molecule has 0 saturated heterocycles. The van der Waals surface area contributed by atoms with Crippen molar-refractivity contribution in [2.45, 2.75) is 6.42 Å². The first-order chi connectivity index (χ1) is 9.04. The molecule has 0 unspecified atom stereocenters. The molecule has 0 saturated carbocycles. The van der Waals surface area contributed by atoms with Crippen LogP contribution >= 0.6 is 22.9 Å². The summed E-state index contributed by atoms with van der Waals surface area (Å²) in [6, 6.07) is 7.17. The summed E-state index contributed by atoms with van der Waals surface area (Å²) in [6.07, 6.45) is 0.724. The summed E-state index contributed by atoms with van der Waals surface area (Å²) in [4.78, 5) is 11.1. The first-order valence-electron chi connectivity index (χ1n) is 5.47. The second-order valence-corrected chi connectivity index (χ2v) is 5.64. The summed E-state index contributed by atoms with van der Waals surface area (Å²) in [5.74, 6) is -0.629. The van der Waals surface area contributed by atoms with E-state index in [1.807, 2.05) is 12.1 Å². The monoisotopic (exact) mass is 300 g/mol. The summed E-state index contributed by atoms with van der Waals surface area (Å²) < 4.78 is 13.9. The standard InChI is InChI=1S/C12H10ClFN2O2S/c13-12-2-1-11(19-12)3-4-15-9-5-8(14)6-10(7-9)16(17)18/h1-2,5-7,15H,3-4H2. The molecule has 0 atom stereocenters. The molecule has 0 radical (unpaired) electrons. The van der Waals surface area contributed by atoms with Crippen LogP contribution in [0.3, 0.4) is 0 Å². The van der Waals surface area contributed by atoms with Crippen molar-refractivity contribution in [1.82, 2.24) is 0 Å². The molecule has 1 heterocycles. The van der Waals surface area contributed by atoms with Gasteiger partial charge < -0.3 is 5.32 Å². The third kappa shape index (κ3) is 3.90. The van der Waals surface area contributed by atoms with Crippen LogP contribution in [0.1, 0.15) is 4.88 Å². The van der Waals surface area contributed by atoms with Crippen molar-refractivity contribution in [3.05, 3.63) is 55.5 Å². The van der Waals surface area contributed by atoms with Crippen LogP contribution in [0.5, 0.6) is 0 Å². The predicted octanol–water partition coefficient (Wildman–Crippen LogP) is 4.10. The maximum Gasteiger partial charge on any atom is 0.274 e. The van der Waals surface area contributed by atoms with Gasteiger partial charge in [0.2, 0.25) is 0 Å². The van der Waals surface area contributed by atoms with Crippen molar-refractivity contribution in [2.75, 3.05) is 11.9 Å². The molecule has 0 spiro atoms. The molecule has 0 aliphatic heterocycles. The van der Waals surface area contributed by atoms with Gasteiger partial charge in [0, 0.05) is 23.2 Å². The molecule has 1 aromatic carbocycles. The number of benzene rings is 1.